The van der Waals surface area contributed by atoms with Gasteiger partial charge in [-0.25, -0.2) is 0 Å². The van der Waals surface area contributed by atoms with Crippen LogP contribution in [-0.4, -0.2) is 37.1 Å². The van der Waals surface area contributed by atoms with E-state index >= 15 is 0 Å². The van der Waals surface area contributed by atoms with Crippen LogP contribution in [0.15, 0.2) is 0 Å². The largest absolute Gasteiger partial charge is 0.466 e. The van der Waals surface area contributed by atoms with Gasteiger partial charge in [0.2, 0.25) is 0 Å². The van der Waals surface area contributed by atoms with Crippen molar-refractivity contribution in [3.8, 4) is 0 Å². The first kappa shape index (κ1) is 18.4. The van der Waals surface area contributed by atoms with Crippen LogP contribution in [0, 0.1) is 0 Å². The molecule has 0 bridgehead atoms. The van der Waals surface area contributed by atoms with Gasteiger partial charge in [-0.2, -0.15) is 0 Å². The Kier molecular flexibility index (Phi) is 8.97. The molecule has 19 heavy (non-hydrogen) atoms. The minimum Gasteiger partial charge on any atom is -0.466 e. The average Bonchev–Trinajstić information content (AvgIpc) is 2.67. The predicted molar refractivity (Wildman–Crippen MR) is 74.7 cm³/mol. The molecule has 1 aliphatic rings. The summed E-state index contributed by atoms with van der Waals surface area (Å²) in [5, 5.41) is 0. The Hall–Kier alpha value is -0.650. The summed E-state index contributed by atoms with van der Waals surface area (Å²) in [5.41, 5.74) is 5.63. The molecule has 1 aliphatic heterocycles. The topological polar surface area (TPSA) is 70.8 Å². The number of hydrogen-bond donors (Lipinski definition) is 1. The lowest BCUT2D eigenvalue weighted by molar-refractivity contribution is -0.146. The molecule has 1 saturated heterocycles. The molecule has 2 unspecified atom stereocenters. The van der Waals surface area contributed by atoms with Crippen LogP contribution in [0.5, 0.6) is 0 Å². The van der Waals surface area contributed by atoms with Gasteiger partial charge in [-0.3, -0.25) is 4.79 Å². The average molecular weight is 275 g/mol. The maximum absolute atomic E-state index is 11.2. The monoisotopic (exact) mass is 275 g/mol. The lowest BCUT2D eigenvalue weighted by atomic mass is 10.1. The van der Waals surface area contributed by atoms with E-state index in [1.165, 1.54) is 0 Å². The molecule has 1 rings (SSSR count). The molecular weight excluding hydrogens is 246 g/mol. The summed E-state index contributed by atoms with van der Waals surface area (Å²) >= 11 is 0. The zero-order valence-corrected chi connectivity index (χ0v) is 12.9. The van der Waals surface area contributed by atoms with E-state index in [1.54, 1.807) is 6.92 Å². The third kappa shape index (κ3) is 6.89. The van der Waals surface area contributed by atoms with Crippen molar-refractivity contribution in [2.75, 3.05) is 13.2 Å². The number of esters is 1. The second-order valence-corrected chi connectivity index (χ2v) is 4.65. The minimum atomic E-state index is -0.571. The zero-order valence-electron chi connectivity index (χ0n) is 12.9. The van der Waals surface area contributed by atoms with E-state index in [2.05, 4.69) is 0 Å². The standard InChI is InChI=1S/C12H23NO4.C2H6/c1-4-15-11(14)7-5-6-9-10(8-13)17-12(2,3)16-9;1-2/h9-10H,4-8,13H2,1-3H3;1-2H3. The molecule has 0 aromatic carbocycles. The van der Waals surface area contributed by atoms with E-state index in [0.717, 1.165) is 12.8 Å². The number of hydrogen-bond acceptors (Lipinski definition) is 5. The van der Waals surface area contributed by atoms with Crippen LogP contribution in [0.1, 0.15) is 53.9 Å². The lowest BCUT2D eigenvalue weighted by Gasteiger charge is -2.16. The van der Waals surface area contributed by atoms with E-state index in [4.69, 9.17) is 19.9 Å². The SMILES string of the molecule is CC.CCOC(=O)CCCC1OC(C)(C)OC1CN. The summed E-state index contributed by atoms with van der Waals surface area (Å²) in [7, 11) is 0. The second kappa shape index (κ2) is 9.28. The smallest absolute Gasteiger partial charge is 0.305 e. The van der Waals surface area contributed by atoms with E-state index in [0.29, 0.717) is 19.6 Å². The van der Waals surface area contributed by atoms with Gasteiger partial charge in [0.15, 0.2) is 5.79 Å². The van der Waals surface area contributed by atoms with Crippen molar-refractivity contribution in [1.29, 1.82) is 0 Å². The van der Waals surface area contributed by atoms with Gasteiger partial charge in [-0.05, 0) is 33.6 Å². The number of carbonyl (C=O) groups is 1. The maximum atomic E-state index is 11.2. The van der Waals surface area contributed by atoms with E-state index in [1.807, 2.05) is 27.7 Å². The van der Waals surface area contributed by atoms with Crippen LogP contribution in [0.3, 0.4) is 0 Å². The van der Waals surface area contributed by atoms with Crippen LogP contribution >= 0.6 is 0 Å². The summed E-state index contributed by atoms with van der Waals surface area (Å²) in [6, 6.07) is 0. The molecule has 0 spiro atoms. The number of rotatable bonds is 6. The van der Waals surface area contributed by atoms with E-state index < -0.39 is 5.79 Å². The molecule has 0 amide bonds. The van der Waals surface area contributed by atoms with Gasteiger partial charge in [0, 0.05) is 13.0 Å². The molecule has 0 aromatic rings. The molecule has 0 radical (unpaired) electrons. The van der Waals surface area contributed by atoms with Crippen molar-refractivity contribution < 1.29 is 19.0 Å². The van der Waals surface area contributed by atoms with Crippen LogP contribution in [0.2, 0.25) is 0 Å². The van der Waals surface area contributed by atoms with Gasteiger partial charge < -0.3 is 19.9 Å². The molecule has 114 valence electrons. The van der Waals surface area contributed by atoms with Crippen molar-refractivity contribution in [1.82, 2.24) is 0 Å². The van der Waals surface area contributed by atoms with E-state index in [9.17, 15) is 4.79 Å². The number of nitrogens with two attached hydrogens (primary N) is 1. The minimum absolute atomic E-state index is 0.0237. The molecule has 1 fully saturated rings. The number of carbonyl (C=O) groups excluding carboxylic acids is 1. The van der Waals surface area contributed by atoms with Gasteiger partial charge in [-0.1, -0.05) is 13.8 Å². The first-order chi connectivity index (χ1) is 8.98. The highest BCUT2D eigenvalue weighted by Gasteiger charge is 2.39. The Balaban J connectivity index is 0.00000154. The predicted octanol–water partition coefficient (Wildman–Crippen LogP) is 2.22. The molecule has 2 atom stereocenters. The van der Waals surface area contributed by atoms with Crippen LogP contribution < -0.4 is 5.73 Å². The van der Waals surface area contributed by atoms with Crippen molar-refractivity contribution in [3.05, 3.63) is 0 Å². The van der Waals surface area contributed by atoms with Crippen LogP contribution in [0.4, 0.5) is 0 Å². The third-order valence-corrected chi connectivity index (χ3v) is 2.69. The summed E-state index contributed by atoms with van der Waals surface area (Å²) in [5.74, 6) is -0.728. The normalized spacial score (nSPS) is 24.5. The molecule has 2 N–H and O–H groups in total. The molecule has 0 aliphatic carbocycles. The second-order valence-electron chi connectivity index (χ2n) is 4.65. The van der Waals surface area contributed by atoms with Gasteiger partial charge in [-0.15, -0.1) is 0 Å². The van der Waals surface area contributed by atoms with Gasteiger partial charge in [0.25, 0.3) is 0 Å². The highest BCUT2D eigenvalue weighted by Crippen LogP contribution is 2.30. The molecule has 0 saturated carbocycles. The first-order valence-corrected chi connectivity index (χ1v) is 7.20. The Bertz CT molecular complexity index is 256. The summed E-state index contributed by atoms with van der Waals surface area (Å²) < 4.78 is 16.3. The van der Waals surface area contributed by atoms with E-state index in [-0.39, 0.29) is 18.2 Å². The molecule has 1 heterocycles. The highest BCUT2D eigenvalue weighted by molar-refractivity contribution is 5.69. The Labute approximate surface area is 116 Å². The third-order valence-electron chi connectivity index (χ3n) is 2.69. The van der Waals surface area contributed by atoms with Gasteiger partial charge in [0.1, 0.15) is 0 Å². The van der Waals surface area contributed by atoms with Crippen molar-refractivity contribution in [2.45, 2.75) is 71.9 Å². The summed E-state index contributed by atoms with van der Waals surface area (Å²) in [6.07, 6.45) is 1.83. The molecule has 5 nitrogen and oxygen atoms in total. The quantitative estimate of drug-likeness (QED) is 0.753. The summed E-state index contributed by atoms with van der Waals surface area (Å²) in [4.78, 5) is 11.2. The Morgan fingerprint density at radius 1 is 1.26 bits per heavy atom. The van der Waals surface area contributed by atoms with Crippen molar-refractivity contribution >= 4 is 5.97 Å². The van der Waals surface area contributed by atoms with Crippen LogP contribution in [-0.2, 0) is 19.0 Å². The lowest BCUT2D eigenvalue weighted by Crippen LogP contribution is -2.30. The first-order valence-electron chi connectivity index (χ1n) is 7.20. The number of ether oxygens (including phenoxy) is 3. The Morgan fingerprint density at radius 2 is 1.84 bits per heavy atom. The molecule has 5 heteroatoms. The van der Waals surface area contributed by atoms with Gasteiger partial charge in [0.05, 0.1) is 18.8 Å². The van der Waals surface area contributed by atoms with Crippen molar-refractivity contribution in [3.63, 3.8) is 0 Å². The van der Waals surface area contributed by atoms with Crippen molar-refractivity contribution in [2.24, 2.45) is 5.73 Å². The Morgan fingerprint density at radius 3 is 2.37 bits per heavy atom. The molecule has 0 aromatic heterocycles. The summed E-state index contributed by atoms with van der Waals surface area (Å²) in [6.45, 7) is 10.4. The molecular formula is C14H29NO4. The fourth-order valence-electron chi connectivity index (χ4n) is 2.03. The highest BCUT2D eigenvalue weighted by atomic mass is 16.7. The zero-order chi connectivity index (χ0) is 14.9. The van der Waals surface area contributed by atoms with Crippen LogP contribution in [0.25, 0.3) is 0 Å². The maximum Gasteiger partial charge on any atom is 0.305 e. The fraction of sp³-hybridized carbons (Fsp3) is 0.929. The van der Waals surface area contributed by atoms with Gasteiger partial charge >= 0.3 is 5.97 Å². The fourth-order valence-corrected chi connectivity index (χ4v) is 2.03.